The molecule has 0 amide bonds. The fourth-order valence-electron chi connectivity index (χ4n) is 2.72. The van der Waals surface area contributed by atoms with Gasteiger partial charge in [0.15, 0.2) is 11.1 Å². The van der Waals surface area contributed by atoms with Gasteiger partial charge in [-0.2, -0.15) is 0 Å². The van der Waals surface area contributed by atoms with Gasteiger partial charge in [0.2, 0.25) is 0 Å². The van der Waals surface area contributed by atoms with Gasteiger partial charge in [-0.1, -0.05) is 34.6 Å². The first-order valence-electron chi connectivity index (χ1n) is 8.72. The first-order valence-corrected chi connectivity index (χ1v) is 10.8. The van der Waals surface area contributed by atoms with Gasteiger partial charge in [0.1, 0.15) is 0 Å². The van der Waals surface area contributed by atoms with Gasteiger partial charge in [-0.15, -0.1) is 0 Å². The van der Waals surface area contributed by atoms with Crippen LogP contribution in [0, 0.1) is 5.41 Å². The predicted molar refractivity (Wildman–Crippen MR) is 108 cm³/mol. The lowest BCUT2D eigenvalue weighted by atomic mass is 9.85. The van der Waals surface area contributed by atoms with Crippen LogP contribution < -0.4 is 0 Å². The summed E-state index contributed by atoms with van der Waals surface area (Å²) in [5.41, 5.74) is -0.895. The summed E-state index contributed by atoms with van der Waals surface area (Å²) in [6, 6.07) is 0. The van der Waals surface area contributed by atoms with Crippen LogP contribution in [0.1, 0.15) is 68.7 Å². The van der Waals surface area contributed by atoms with Crippen molar-refractivity contribution in [3.8, 4) is 0 Å². The van der Waals surface area contributed by atoms with Crippen LogP contribution in [-0.2, 0) is 25.1 Å². The Kier molecular flexibility index (Phi) is 9.73. The quantitative estimate of drug-likeness (QED) is 0.312. The molecular weight excluding hydrogens is 359 g/mol. The first kappa shape index (κ1) is 25.4. The number of hydrogen-bond acceptors (Lipinski definition) is 4. The highest BCUT2D eigenvalue weighted by Crippen LogP contribution is 2.44. The zero-order chi connectivity index (χ0) is 20.1. The number of rotatable bonds is 11. The molecule has 152 valence electrons. The summed E-state index contributed by atoms with van der Waals surface area (Å²) in [5.74, 6) is 0. The van der Waals surface area contributed by atoms with Crippen LogP contribution in [0.5, 0.6) is 0 Å². The molecule has 0 aromatic carbocycles. The monoisotopic (exact) mass is 398 g/mol. The number of hydrogen-bond donors (Lipinski definition) is 1. The second-order valence-electron chi connectivity index (χ2n) is 9.46. The fourth-order valence-corrected chi connectivity index (χ4v) is 5.40. The van der Waals surface area contributed by atoms with Gasteiger partial charge in [-0.05, 0) is 39.5 Å². The Balaban J connectivity index is 4.52. The van der Waals surface area contributed by atoms with Crippen molar-refractivity contribution in [1.82, 2.24) is 0 Å². The highest BCUT2D eigenvalue weighted by atomic mass is 32.2. The van der Waals surface area contributed by atoms with Gasteiger partial charge < -0.3 is 18.6 Å². The third-order valence-electron chi connectivity index (χ3n) is 4.15. The van der Waals surface area contributed by atoms with Crippen molar-refractivity contribution in [2.75, 3.05) is 20.3 Å². The van der Waals surface area contributed by atoms with Crippen molar-refractivity contribution >= 4 is 19.9 Å². The Morgan fingerprint density at radius 1 is 1.00 bits per heavy atom. The second kappa shape index (κ2) is 9.57. The third kappa shape index (κ3) is 9.78. The topological polar surface area (TPSA) is 65.0 Å². The van der Waals surface area contributed by atoms with Crippen molar-refractivity contribution in [3.63, 3.8) is 0 Å². The molecule has 0 aromatic rings. The highest BCUT2D eigenvalue weighted by Gasteiger charge is 2.43. The summed E-state index contributed by atoms with van der Waals surface area (Å²) >= 11 is -1.89. The van der Waals surface area contributed by atoms with E-state index in [4.69, 9.17) is 14.0 Å². The van der Waals surface area contributed by atoms with Gasteiger partial charge >= 0.3 is 0 Å². The summed E-state index contributed by atoms with van der Waals surface area (Å²) in [6.07, 6.45) is 0.748. The normalized spacial score (nSPS) is 17.2. The van der Waals surface area contributed by atoms with E-state index in [1.165, 1.54) is 0 Å². The van der Waals surface area contributed by atoms with E-state index >= 15 is 0 Å². The molecule has 0 rings (SSSR count). The SMILES string of the molecule is COC(C)(C)COC(C)(C)CCOPC(C)(C)C(S(=O)O)C(C)(C)C. The van der Waals surface area contributed by atoms with Crippen LogP contribution in [0.15, 0.2) is 0 Å². The molecule has 0 saturated heterocycles. The Hall–Kier alpha value is 0.420. The average molecular weight is 399 g/mol. The van der Waals surface area contributed by atoms with Gasteiger partial charge in [-0.3, -0.25) is 0 Å². The van der Waals surface area contributed by atoms with Crippen LogP contribution in [0.25, 0.3) is 0 Å². The van der Waals surface area contributed by atoms with Crippen LogP contribution in [0.3, 0.4) is 0 Å². The van der Waals surface area contributed by atoms with Crippen LogP contribution in [0.2, 0.25) is 0 Å². The van der Waals surface area contributed by atoms with Gasteiger partial charge in [0.25, 0.3) is 0 Å². The molecule has 7 heteroatoms. The average Bonchev–Trinajstić information content (AvgIpc) is 2.39. The first-order chi connectivity index (χ1) is 11.0. The molecule has 0 bridgehead atoms. The van der Waals surface area contributed by atoms with E-state index in [9.17, 15) is 8.76 Å². The Morgan fingerprint density at radius 2 is 1.52 bits per heavy atom. The molecule has 3 unspecified atom stereocenters. The van der Waals surface area contributed by atoms with Crippen LogP contribution in [0.4, 0.5) is 0 Å². The fraction of sp³-hybridized carbons (Fsp3) is 1.00. The van der Waals surface area contributed by atoms with Crippen molar-refractivity contribution in [2.24, 2.45) is 5.41 Å². The lowest BCUT2D eigenvalue weighted by Gasteiger charge is -2.39. The molecule has 0 aliphatic rings. The molecule has 0 saturated carbocycles. The molecule has 0 fully saturated rings. The van der Waals surface area contributed by atoms with E-state index < -0.39 is 11.1 Å². The standard InChI is InChI=1S/C18H39O5PS/c1-15(2,3)14(25(19)20)18(8,9)24-23-12-11-16(4,5)22-13-17(6,7)21-10/h14,24H,11-13H2,1-10H3,(H,19,20). The van der Waals surface area contributed by atoms with E-state index in [2.05, 4.69) is 0 Å². The zero-order valence-corrected chi connectivity index (χ0v) is 19.5. The molecule has 0 heterocycles. The molecule has 0 aliphatic carbocycles. The van der Waals surface area contributed by atoms with Gasteiger partial charge in [-0.25, -0.2) is 4.21 Å². The van der Waals surface area contributed by atoms with Crippen molar-refractivity contribution < 1.29 is 22.8 Å². The minimum Gasteiger partial charge on any atom is -0.376 e. The summed E-state index contributed by atoms with van der Waals surface area (Å²) < 4.78 is 38.8. The maximum absolute atomic E-state index is 11.8. The minimum absolute atomic E-state index is 0.149. The molecule has 0 aromatic heterocycles. The molecule has 0 aliphatic heterocycles. The Labute approximate surface area is 159 Å². The van der Waals surface area contributed by atoms with Crippen LogP contribution >= 0.6 is 8.81 Å². The van der Waals surface area contributed by atoms with E-state index in [1.54, 1.807) is 7.11 Å². The summed E-state index contributed by atoms with van der Waals surface area (Å²) in [4.78, 5) is 0. The molecule has 25 heavy (non-hydrogen) atoms. The molecule has 1 N–H and O–H groups in total. The lowest BCUT2D eigenvalue weighted by molar-refractivity contribution is -0.111. The molecule has 0 spiro atoms. The van der Waals surface area contributed by atoms with Gasteiger partial charge in [0.05, 0.1) is 29.7 Å². The Morgan fingerprint density at radius 3 is 1.92 bits per heavy atom. The van der Waals surface area contributed by atoms with Crippen LogP contribution in [-0.4, -0.2) is 50.7 Å². The third-order valence-corrected chi connectivity index (χ3v) is 7.22. The minimum atomic E-state index is -1.89. The molecule has 3 atom stereocenters. The van der Waals surface area contributed by atoms with E-state index in [0.29, 0.717) is 13.2 Å². The van der Waals surface area contributed by atoms with E-state index in [1.807, 2.05) is 62.3 Å². The van der Waals surface area contributed by atoms with Gasteiger partial charge in [0, 0.05) is 21.1 Å². The van der Waals surface area contributed by atoms with E-state index in [-0.39, 0.29) is 35.8 Å². The van der Waals surface area contributed by atoms with E-state index in [0.717, 1.165) is 6.42 Å². The highest BCUT2D eigenvalue weighted by molar-refractivity contribution is 7.80. The number of methoxy groups -OCH3 is 1. The number of ether oxygens (including phenoxy) is 2. The lowest BCUT2D eigenvalue weighted by Crippen LogP contribution is -2.45. The summed E-state index contributed by atoms with van der Waals surface area (Å²) in [5, 5.41) is -0.730. The maximum Gasteiger partial charge on any atom is 0.157 e. The summed E-state index contributed by atoms with van der Waals surface area (Å²) in [7, 11) is 1.83. The van der Waals surface area contributed by atoms with Crippen molar-refractivity contribution in [3.05, 3.63) is 0 Å². The molecule has 0 radical (unpaired) electrons. The van der Waals surface area contributed by atoms with Crippen molar-refractivity contribution in [2.45, 2.75) is 90.3 Å². The smallest absolute Gasteiger partial charge is 0.157 e. The predicted octanol–water partition coefficient (Wildman–Crippen LogP) is 4.62. The second-order valence-corrected chi connectivity index (χ2v) is 12.3. The Bertz CT molecular complexity index is 430. The zero-order valence-electron chi connectivity index (χ0n) is 17.7. The molecule has 5 nitrogen and oxygen atoms in total. The molecular formula is C18H39O5PS. The van der Waals surface area contributed by atoms with Crippen molar-refractivity contribution in [1.29, 1.82) is 0 Å². The maximum atomic E-state index is 11.8. The summed E-state index contributed by atoms with van der Waals surface area (Å²) in [6.45, 7) is 19.1. The largest absolute Gasteiger partial charge is 0.376 e.